The van der Waals surface area contributed by atoms with Gasteiger partial charge in [-0.25, -0.2) is 4.98 Å². The molecular weight excluding hydrogens is 312 g/mol. The van der Waals surface area contributed by atoms with Gasteiger partial charge in [0.1, 0.15) is 17.2 Å². The van der Waals surface area contributed by atoms with Gasteiger partial charge in [-0.15, -0.1) is 0 Å². The lowest BCUT2D eigenvalue weighted by atomic mass is 10.1. The minimum Gasteiger partial charge on any atom is -0.482 e. The van der Waals surface area contributed by atoms with Gasteiger partial charge in [-0.1, -0.05) is 29.8 Å². The van der Waals surface area contributed by atoms with E-state index in [9.17, 15) is 0 Å². The van der Waals surface area contributed by atoms with E-state index in [0.29, 0.717) is 27.5 Å². The summed E-state index contributed by atoms with van der Waals surface area (Å²) in [5.41, 5.74) is 13.1. The number of aromatic nitrogens is 2. The van der Waals surface area contributed by atoms with E-state index in [1.807, 2.05) is 42.5 Å². The highest BCUT2D eigenvalue weighted by atomic mass is 35.5. The molecule has 116 valence electrons. The molecule has 1 aromatic heterocycles. The van der Waals surface area contributed by atoms with Crippen molar-refractivity contribution in [1.82, 2.24) is 9.97 Å². The molecular formula is C17H15ClN4O. The van der Waals surface area contributed by atoms with Crippen LogP contribution in [0.3, 0.4) is 0 Å². The van der Waals surface area contributed by atoms with E-state index < -0.39 is 0 Å². The highest BCUT2D eigenvalue weighted by Gasteiger charge is 2.47. The van der Waals surface area contributed by atoms with Gasteiger partial charge in [0.25, 0.3) is 0 Å². The fourth-order valence-corrected chi connectivity index (χ4v) is 3.02. The van der Waals surface area contributed by atoms with Crippen molar-refractivity contribution < 1.29 is 4.74 Å². The van der Waals surface area contributed by atoms with E-state index in [2.05, 4.69) is 9.97 Å². The van der Waals surface area contributed by atoms with Gasteiger partial charge >= 0.3 is 0 Å². The number of halogens is 1. The van der Waals surface area contributed by atoms with Crippen molar-refractivity contribution in [2.75, 3.05) is 11.5 Å². The monoisotopic (exact) mass is 326 g/mol. The topological polar surface area (TPSA) is 87.0 Å². The normalized spacial score (nSPS) is 15.5. The molecule has 0 bridgehead atoms. The van der Waals surface area contributed by atoms with Crippen molar-refractivity contribution in [3.63, 3.8) is 0 Å². The van der Waals surface area contributed by atoms with Crippen LogP contribution in [0.2, 0.25) is 5.02 Å². The summed E-state index contributed by atoms with van der Waals surface area (Å²) >= 11 is 6.11. The van der Waals surface area contributed by atoms with E-state index >= 15 is 0 Å². The highest BCUT2D eigenvalue weighted by Crippen LogP contribution is 2.50. The number of nitrogens with two attached hydrogens (primary N) is 2. The molecule has 0 radical (unpaired) electrons. The highest BCUT2D eigenvalue weighted by molar-refractivity contribution is 6.30. The number of ether oxygens (including phenoxy) is 1. The second-order valence-electron chi connectivity index (χ2n) is 5.72. The molecule has 3 aromatic rings. The Hall–Kier alpha value is -2.53. The first-order valence-corrected chi connectivity index (χ1v) is 7.72. The number of nitrogen functional groups attached to an aromatic ring is 2. The van der Waals surface area contributed by atoms with Gasteiger partial charge in [-0.05, 0) is 42.7 Å². The molecule has 1 fully saturated rings. The molecule has 0 unspecified atom stereocenters. The minimum atomic E-state index is -0.354. The molecule has 4 N–H and O–H groups in total. The Labute approximate surface area is 138 Å². The van der Waals surface area contributed by atoms with Gasteiger partial charge in [0, 0.05) is 5.02 Å². The van der Waals surface area contributed by atoms with Crippen LogP contribution in [0.4, 0.5) is 11.8 Å². The molecule has 0 aliphatic heterocycles. The molecule has 5 nitrogen and oxygen atoms in total. The lowest BCUT2D eigenvalue weighted by Gasteiger charge is -2.20. The Kier molecular flexibility index (Phi) is 3.06. The SMILES string of the molecule is Nc1nc(N)c2c(OC3(c4cccc(Cl)c4)CC3)cccc2n1. The molecule has 2 aromatic carbocycles. The van der Waals surface area contributed by atoms with Crippen molar-refractivity contribution >= 4 is 34.3 Å². The van der Waals surface area contributed by atoms with Gasteiger partial charge in [0.15, 0.2) is 0 Å². The third kappa shape index (κ3) is 2.43. The van der Waals surface area contributed by atoms with E-state index in [4.69, 9.17) is 27.8 Å². The fourth-order valence-electron chi connectivity index (χ4n) is 2.83. The molecule has 0 amide bonds. The van der Waals surface area contributed by atoms with Crippen LogP contribution in [-0.4, -0.2) is 9.97 Å². The van der Waals surface area contributed by atoms with Crippen molar-refractivity contribution in [2.45, 2.75) is 18.4 Å². The fraction of sp³-hybridized carbons (Fsp3) is 0.176. The quantitative estimate of drug-likeness (QED) is 0.769. The molecule has 4 rings (SSSR count). The third-order valence-corrected chi connectivity index (χ3v) is 4.33. The Morgan fingerprint density at radius 3 is 2.57 bits per heavy atom. The van der Waals surface area contributed by atoms with Crippen LogP contribution in [0, 0.1) is 0 Å². The van der Waals surface area contributed by atoms with Crippen LogP contribution in [-0.2, 0) is 5.60 Å². The summed E-state index contributed by atoms with van der Waals surface area (Å²) in [4.78, 5) is 8.26. The predicted molar refractivity (Wildman–Crippen MR) is 91.4 cm³/mol. The number of rotatable bonds is 3. The van der Waals surface area contributed by atoms with Crippen molar-refractivity contribution in [3.05, 3.63) is 53.1 Å². The Morgan fingerprint density at radius 1 is 1.04 bits per heavy atom. The van der Waals surface area contributed by atoms with E-state index in [1.165, 1.54) is 0 Å². The Morgan fingerprint density at radius 2 is 1.83 bits per heavy atom. The number of nitrogens with zero attached hydrogens (tertiary/aromatic N) is 2. The van der Waals surface area contributed by atoms with Crippen LogP contribution >= 0.6 is 11.6 Å². The summed E-state index contributed by atoms with van der Waals surface area (Å²) in [7, 11) is 0. The second kappa shape index (κ2) is 4.99. The van der Waals surface area contributed by atoms with Crippen molar-refractivity contribution in [3.8, 4) is 5.75 Å². The largest absolute Gasteiger partial charge is 0.482 e. The number of benzene rings is 2. The third-order valence-electron chi connectivity index (χ3n) is 4.09. The van der Waals surface area contributed by atoms with Crippen molar-refractivity contribution in [2.24, 2.45) is 0 Å². The number of hydrogen-bond acceptors (Lipinski definition) is 5. The zero-order chi connectivity index (χ0) is 16.0. The Bertz CT molecular complexity index is 908. The average molecular weight is 327 g/mol. The number of fused-ring (bicyclic) bond motifs is 1. The van der Waals surface area contributed by atoms with Gasteiger partial charge < -0.3 is 16.2 Å². The summed E-state index contributed by atoms with van der Waals surface area (Å²) in [6.45, 7) is 0. The van der Waals surface area contributed by atoms with E-state index in [1.54, 1.807) is 0 Å². The van der Waals surface area contributed by atoms with Gasteiger partial charge in [-0.2, -0.15) is 4.98 Å². The van der Waals surface area contributed by atoms with Crippen LogP contribution < -0.4 is 16.2 Å². The molecule has 0 spiro atoms. The average Bonchev–Trinajstić information content (AvgIpc) is 3.27. The maximum absolute atomic E-state index is 6.33. The minimum absolute atomic E-state index is 0.156. The van der Waals surface area contributed by atoms with Gasteiger partial charge in [0.05, 0.1) is 10.9 Å². The molecule has 1 heterocycles. The lowest BCUT2D eigenvalue weighted by Crippen LogP contribution is -2.16. The molecule has 23 heavy (non-hydrogen) atoms. The molecule has 0 atom stereocenters. The summed E-state index contributed by atoms with van der Waals surface area (Å²) in [6.07, 6.45) is 1.86. The smallest absolute Gasteiger partial charge is 0.222 e. The van der Waals surface area contributed by atoms with Crippen LogP contribution in [0.5, 0.6) is 5.75 Å². The lowest BCUT2D eigenvalue weighted by molar-refractivity contribution is 0.184. The summed E-state index contributed by atoms with van der Waals surface area (Å²) < 4.78 is 6.33. The molecule has 0 saturated heterocycles. The molecule has 1 saturated carbocycles. The first-order chi connectivity index (χ1) is 11.1. The maximum atomic E-state index is 6.33. The zero-order valence-electron chi connectivity index (χ0n) is 12.3. The zero-order valence-corrected chi connectivity index (χ0v) is 13.0. The van der Waals surface area contributed by atoms with E-state index in [-0.39, 0.29) is 11.5 Å². The first kappa shape index (κ1) is 14.1. The summed E-state index contributed by atoms with van der Waals surface area (Å²) in [6, 6.07) is 13.4. The van der Waals surface area contributed by atoms with Crippen LogP contribution in [0.1, 0.15) is 18.4 Å². The predicted octanol–water partition coefficient (Wildman–Crippen LogP) is 3.52. The number of hydrogen-bond donors (Lipinski definition) is 2. The maximum Gasteiger partial charge on any atom is 0.222 e. The summed E-state index contributed by atoms with van der Waals surface area (Å²) in [5, 5.41) is 1.39. The van der Waals surface area contributed by atoms with Gasteiger partial charge in [0.2, 0.25) is 5.95 Å². The van der Waals surface area contributed by atoms with E-state index in [0.717, 1.165) is 18.4 Å². The van der Waals surface area contributed by atoms with Crippen LogP contribution in [0.25, 0.3) is 10.9 Å². The second-order valence-corrected chi connectivity index (χ2v) is 6.16. The Balaban J connectivity index is 1.79. The molecule has 1 aliphatic rings. The first-order valence-electron chi connectivity index (χ1n) is 7.34. The van der Waals surface area contributed by atoms with Crippen molar-refractivity contribution in [1.29, 1.82) is 0 Å². The molecule has 6 heteroatoms. The number of anilines is 2. The summed E-state index contributed by atoms with van der Waals surface area (Å²) in [5.74, 6) is 1.14. The van der Waals surface area contributed by atoms with Crippen LogP contribution in [0.15, 0.2) is 42.5 Å². The van der Waals surface area contributed by atoms with Gasteiger partial charge in [-0.3, -0.25) is 0 Å². The standard InChI is InChI=1S/C17H15ClN4O/c18-11-4-1-3-10(9-11)17(7-8-17)23-13-6-2-5-12-14(13)15(19)22-16(20)21-12/h1-6,9H,7-8H2,(H4,19,20,21,22). The molecule has 1 aliphatic carbocycles.